The zero-order chi connectivity index (χ0) is 14.7. The van der Waals surface area contributed by atoms with E-state index in [1.807, 2.05) is 49.4 Å². The van der Waals surface area contributed by atoms with E-state index in [1.165, 1.54) is 0 Å². The quantitative estimate of drug-likeness (QED) is 0.797. The molecule has 0 unspecified atom stereocenters. The van der Waals surface area contributed by atoms with Crippen molar-refractivity contribution in [2.75, 3.05) is 0 Å². The average molecular weight is 279 g/mol. The first-order chi connectivity index (χ1) is 10.3. The van der Waals surface area contributed by atoms with Gasteiger partial charge >= 0.3 is 0 Å². The van der Waals surface area contributed by atoms with Crippen LogP contribution in [0.15, 0.2) is 48.5 Å². The van der Waals surface area contributed by atoms with E-state index >= 15 is 0 Å². The number of pyridine rings is 2. The van der Waals surface area contributed by atoms with Gasteiger partial charge in [-0.3, -0.25) is 4.98 Å². The molecule has 0 saturated heterocycles. The third-order valence-corrected chi connectivity index (χ3v) is 3.30. The van der Waals surface area contributed by atoms with Crippen LogP contribution in [0.1, 0.15) is 17.1 Å². The molecule has 0 fully saturated rings. The van der Waals surface area contributed by atoms with Gasteiger partial charge in [-0.05, 0) is 31.2 Å². The Balaban J connectivity index is 1.80. The van der Waals surface area contributed by atoms with Crippen LogP contribution < -0.4 is 10.5 Å². The molecular weight excluding hydrogens is 262 g/mol. The normalized spacial score (nSPS) is 10.8. The largest absolute Gasteiger partial charge is 0.485 e. The lowest BCUT2D eigenvalue weighted by molar-refractivity contribution is 0.297. The van der Waals surface area contributed by atoms with Crippen molar-refractivity contribution in [3.8, 4) is 5.75 Å². The Labute approximate surface area is 123 Å². The van der Waals surface area contributed by atoms with E-state index in [4.69, 9.17) is 10.5 Å². The second-order valence-corrected chi connectivity index (χ2v) is 4.89. The molecule has 21 heavy (non-hydrogen) atoms. The number of ether oxygens (including phenoxy) is 1. The molecule has 0 amide bonds. The van der Waals surface area contributed by atoms with Gasteiger partial charge < -0.3 is 10.5 Å². The zero-order valence-electron chi connectivity index (χ0n) is 11.9. The van der Waals surface area contributed by atoms with Crippen molar-refractivity contribution in [1.29, 1.82) is 0 Å². The summed E-state index contributed by atoms with van der Waals surface area (Å²) in [5.74, 6) is 0.720. The van der Waals surface area contributed by atoms with E-state index < -0.39 is 0 Å². The molecule has 106 valence electrons. The summed E-state index contributed by atoms with van der Waals surface area (Å²) in [6, 6.07) is 15.9. The number of hydrogen-bond donors (Lipinski definition) is 1. The van der Waals surface area contributed by atoms with Crippen LogP contribution in [0.3, 0.4) is 0 Å². The lowest BCUT2D eigenvalue weighted by Crippen LogP contribution is -2.06. The van der Waals surface area contributed by atoms with Gasteiger partial charge in [0.05, 0.1) is 16.9 Å². The highest BCUT2D eigenvalue weighted by molar-refractivity contribution is 5.78. The fraction of sp³-hybridized carbons (Fsp3) is 0.176. The molecule has 2 heterocycles. The second kappa shape index (κ2) is 5.89. The van der Waals surface area contributed by atoms with Crippen molar-refractivity contribution in [3.05, 3.63) is 65.6 Å². The molecular formula is C17H17N3O. The zero-order valence-corrected chi connectivity index (χ0v) is 11.9. The van der Waals surface area contributed by atoms with Gasteiger partial charge in [0.25, 0.3) is 0 Å². The molecule has 0 bridgehead atoms. The van der Waals surface area contributed by atoms with E-state index in [-0.39, 0.29) is 0 Å². The van der Waals surface area contributed by atoms with Gasteiger partial charge in [0.1, 0.15) is 12.4 Å². The molecule has 0 aliphatic carbocycles. The molecule has 2 N–H and O–H groups in total. The first-order valence-corrected chi connectivity index (χ1v) is 6.90. The predicted molar refractivity (Wildman–Crippen MR) is 82.9 cm³/mol. The molecule has 3 rings (SSSR count). The Morgan fingerprint density at radius 2 is 1.86 bits per heavy atom. The highest BCUT2D eigenvalue weighted by atomic mass is 16.5. The standard InChI is InChI=1S/C17H17N3O/c1-12-6-9-17(16(10-18)19-12)21-11-14-8-7-13-4-2-3-5-15(13)20-14/h2-9H,10-11,18H2,1H3. The van der Waals surface area contributed by atoms with E-state index in [1.54, 1.807) is 0 Å². The minimum absolute atomic E-state index is 0.363. The molecule has 1 aromatic carbocycles. The highest BCUT2D eigenvalue weighted by Gasteiger charge is 2.05. The van der Waals surface area contributed by atoms with Gasteiger partial charge in [-0.15, -0.1) is 0 Å². The Morgan fingerprint density at radius 3 is 2.71 bits per heavy atom. The SMILES string of the molecule is Cc1ccc(OCc2ccc3ccccc3n2)c(CN)n1. The van der Waals surface area contributed by atoms with Gasteiger partial charge in [-0.25, -0.2) is 4.98 Å². The van der Waals surface area contributed by atoms with Crippen molar-refractivity contribution >= 4 is 10.9 Å². The van der Waals surface area contributed by atoms with Crippen LogP contribution in [0.4, 0.5) is 0 Å². The number of rotatable bonds is 4. The van der Waals surface area contributed by atoms with Gasteiger partial charge in [0.15, 0.2) is 0 Å². The van der Waals surface area contributed by atoms with E-state index in [0.29, 0.717) is 13.2 Å². The summed E-state index contributed by atoms with van der Waals surface area (Å²) < 4.78 is 5.81. The van der Waals surface area contributed by atoms with Crippen LogP contribution >= 0.6 is 0 Å². The molecule has 4 heteroatoms. The lowest BCUT2D eigenvalue weighted by atomic mass is 10.2. The summed E-state index contributed by atoms with van der Waals surface area (Å²) >= 11 is 0. The van der Waals surface area contributed by atoms with Crippen LogP contribution in [0.5, 0.6) is 5.75 Å². The number of aromatic nitrogens is 2. The maximum Gasteiger partial charge on any atom is 0.142 e. The predicted octanol–water partition coefficient (Wildman–Crippen LogP) is 2.98. The smallest absolute Gasteiger partial charge is 0.142 e. The first-order valence-electron chi connectivity index (χ1n) is 6.90. The molecule has 0 spiro atoms. The van der Waals surface area contributed by atoms with Crippen LogP contribution in [0, 0.1) is 6.92 Å². The van der Waals surface area contributed by atoms with Gasteiger partial charge in [-0.2, -0.15) is 0 Å². The summed E-state index contributed by atoms with van der Waals surface area (Å²) in [6.45, 7) is 2.71. The monoisotopic (exact) mass is 279 g/mol. The molecule has 4 nitrogen and oxygen atoms in total. The third-order valence-electron chi connectivity index (χ3n) is 3.30. The van der Waals surface area contributed by atoms with E-state index in [0.717, 1.165) is 33.7 Å². The highest BCUT2D eigenvalue weighted by Crippen LogP contribution is 2.18. The molecule has 0 aliphatic rings. The van der Waals surface area contributed by atoms with Crippen molar-refractivity contribution in [2.45, 2.75) is 20.1 Å². The van der Waals surface area contributed by atoms with Gasteiger partial charge in [0.2, 0.25) is 0 Å². The van der Waals surface area contributed by atoms with Crippen molar-refractivity contribution in [3.63, 3.8) is 0 Å². The molecule has 0 saturated carbocycles. The Bertz CT molecular complexity index is 771. The Hall–Kier alpha value is -2.46. The maximum atomic E-state index is 5.81. The number of nitrogens with two attached hydrogens (primary N) is 1. The number of para-hydroxylation sites is 1. The number of benzene rings is 1. The van der Waals surface area contributed by atoms with Gasteiger partial charge in [0, 0.05) is 17.6 Å². The Morgan fingerprint density at radius 1 is 1.00 bits per heavy atom. The molecule has 0 aliphatic heterocycles. The first kappa shape index (κ1) is 13.5. The second-order valence-electron chi connectivity index (χ2n) is 4.89. The summed E-state index contributed by atoms with van der Waals surface area (Å²) in [7, 11) is 0. The minimum Gasteiger partial charge on any atom is -0.485 e. The lowest BCUT2D eigenvalue weighted by Gasteiger charge is -2.10. The minimum atomic E-state index is 0.363. The van der Waals surface area contributed by atoms with Crippen molar-refractivity contribution < 1.29 is 4.74 Å². The average Bonchev–Trinajstić information content (AvgIpc) is 2.53. The van der Waals surface area contributed by atoms with Crippen LogP contribution in [0.2, 0.25) is 0 Å². The fourth-order valence-electron chi connectivity index (χ4n) is 2.22. The number of aryl methyl sites for hydroxylation is 1. The van der Waals surface area contributed by atoms with E-state index in [2.05, 4.69) is 16.0 Å². The summed E-state index contributed by atoms with van der Waals surface area (Å²) in [6.07, 6.45) is 0. The Kier molecular flexibility index (Phi) is 3.79. The fourth-order valence-corrected chi connectivity index (χ4v) is 2.22. The van der Waals surface area contributed by atoms with Crippen molar-refractivity contribution in [1.82, 2.24) is 9.97 Å². The van der Waals surface area contributed by atoms with Crippen LogP contribution in [-0.4, -0.2) is 9.97 Å². The number of fused-ring (bicyclic) bond motifs is 1. The summed E-state index contributed by atoms with van der Waals surface area (Å²) in [5.41, 5.74) is 9.27. The number of nitrogens with zero attached hydrogens (tertiary/aromatic N) is 2. The van der Waals surface area contributed by atoms with Crippen LogP contribution in [0.25, 0.3) is 10.9 Å². The molecule has 0 radical (unpaired) electrons. The van der Waals surface area contributed by atoms with Gasteiger partial charge in [-0.1, -0.05) is 24.3 Å². The van der Waals surface area contributed by atoms with Crippen LogP contribution in [-0.2, 0) is 13.2 Å². The molecule has 2 aromatic heterocycles. The third kappa shape index (κ3) is 3.01. The van der Waals surface area contributed by atoms with Crippen molar-refractivity contribution in [2.24, 2.45) is 5.73 Å². The summed E-state index contributed by atoms with van der Waals surface area (Å²) in [4.78, 5) is 8.97. The maximum absolute atomic E-state index is 5.81. The molecule has 0 atom stereocenters. The topological polar surface area (TPSA) is 61.0 Å². The molecule has 3 aromatic rings. The number of hydrogen-bond acceptors (Lipinski definition) is 4. The summed E-state index contributed by atoms with van der Waals surface area (Å²) in [5, 5.41) is 1.13. The van der Waals surface area contributed by atoms with E-state index in [9.17, 15) is 0 Å².